The highest BCUT2D eigenvalue weighted by Gasteiger charge is 2.36. The third-order valence-corrected chi connectivity index (χ3v) is 8.97. The Labute approximate surface area is 193 Å². The van der Waals surface area contributed by atoms with Gasteiger partial charge in [-0.05, 0) is 56.7 Å². The normalized spacial score (nSPS) is 22.2. The summed E-state index contributed by atoms with van der Waals surface area (Å²) in [6.07, 6.45) is 8.31. The van der Waals surface area contributed by atoms with Crippen LogP contribution in [0.15, 0.2) is 23.1 Å². The van der Waals surface area contributed by atoms with Gasteiger partial charge in [-0.15, -0.1) is 10.2 Å². The molecular formula is C23H30FN5O3S. The molecule has 33 heavy (non-hydrogen) atoms. The van der Waals surface area contributed by atoms with Gasteiger partial charge in [-0.25, -0.2) is 12.8 Å². The molecule has 2 fully saturated rings. The molecule has 3 aliphatic rings. The Morgan fingerprint density at radius 3 is 2.52 bits per heavy atom. The highest BCUT2D eigenvalue weighted by Crippen LogP contribution is 2.34. The maximum absolute atomic E-state index is 14.6. The van der Waals surface area contributed by atoms with Crippen molar-refractivity contribution in [2.24, 2.45) is 0 Å². The summed E-state index contributed by atoms with van der Waals surface area (Å²) < 4.78 is 44.3. The van der Waals surface area contributed by atoms with E-state index in [0.717, 1.165) is 82.0 Å². The van der Waals surface area contributed by atoms with Gasteiger partial charge in [0.05, 0.1) is 6.04 Å². The van der Waals surface area contributed by atoms with E-state index in [-0.39, 0.29) is 17.5 Å². The smallest absolute Gasteiger partial charge is 0.254 e. The van der Waals surface area contributed by atoms with E-state index >= 15 is 0 Å². The number of aromatic nitrogens is 3. The first-order chi connectivity index (χ1) is 16.0. The number of benzene rings is 1. The number of hydrogen-bond acceptors (Lipinski definition) is 5. The molecule has 2 saturated heterocycles. The molecular weight excluding hydrogens is 445 g/mol. The summed E-state index contributed by atoms with van der Waals surface area (Å²) in [5.74, 6) is 0.663. The molecule has 1 aromatic carbocycles. The Balaban J connectivity index is 1.44. The van der Waals surface area contributed by atoms with Crippen LogP contribution in [0, 0.1) is 5.82 Å². The molecule has 8 nitrogen and oxygen atoms in total. The highest BCUT2D eigenvalue weighted by molar-refractivity contribution is 7.89. The van der Waals surface area contributed by atoms with Crippen molar-refractivity contribution in [3.8, 4) is 0 Å². The lowest BCUT2D eigenvalue weighted by Crippen LogP contribution is -2.36. The number of halogens is 1. The lowest BCUT2D eigenvalue weighted by molar-refractivity contribution is 0.0726. The van der Waals surface area contributed by atoms with Crippen LogP contribution in [0.25, 0.3) is 0 Å². The molecule has 5 rings (SSSR count). The van der Waals surface area contributed by atoms with Gasteiger partial charge >= 0.3 is 0 Å². The molecule has 0 radical (unpaired) electrons. The SMILES string of the molecule is O=C(c1ccc(F)c(S(=O)(=O)N2CCCCC2)c1)N1CCCC1c1nnc2n1CCCCC2. The molecule has 0 bridgehead atoms. The molecule has 4 heterocycles. The van der Waals surface area contributed by atoms with Gasteiger partial charge in [-0.1, -0.05) is 12.8 Å². The monoisotopic (exact) mass is 475 g/mol. The molecule has 0 aliphatic carbocycles. The van der Waals surface area contributed by atoms with Crippen molar-refractivity contribution in [1.29, 1.82) is 0 Å². The minimum atomic E-state index is -3.98. The van der Waals surface area contributed by atoms with E-state index in [4.69, 9.17) is 0 Å². The number of amides is 1. The fraction of sp³-hybridized carbons (Fsp3) is 0.609. The number of hydrogen-bond donors (Lipinski definition) is 0. The number of fused-ring (bicyclic) bond motifs is 1. The van der Waals surface area contributed by atoms with Crippen molar-refractivity contribution in [1.82, 2.24) is 24.0 Å². The minimum absolute atomic E-state index is 0.189. The van der Waals surface area contributed by atoms with E-state index in [1.165, 1.54) is 16.4 Å². The maximum Gasteiger partial charge on any atom is 0.254 e. The molecule has 1 unspecified atom stereocenters. The Hall–Kier alpha value is -2.33. The summed E-state index contributed by atoms with van der Waals surface area (Å²) in [4.78, 5) is 14.8. The van der Waals surface area contributed by atoms with Crippen LogP contribution in [0.4, 0.5) is 4.39 Å². The van der Waals surface area contributed by atoms with Gasteiger partial charge in [0, 0.05) is 38.2 Å². The van der Waals surface area contributed by atoms with Crippen LogP contribution in [-0.4, -0.2) is 57.9 Å². The van der Waals surface area contributed by atoms with E-state index in [2.05, 4.69) is 14.8 Å². The standard InChI is InChI=1S/C23H30FN5O3S/c24-18-11-10-17(16-20(18)33(31,32)27-12-4-2-5-13-27)23(30)28-15-7-8-19(28)22-26-25-21-9-3-1-6-14-29(21)22/h10-11,16,19H,1-9,12-15H2. The van der Waals surface area contributed by atoms with Crippen molar-refractivity contribution in [3.63, 3.8) is 0 Å². The van der Waals surface area contributed by atoms with Crippen LogP contribution in [0.5, 0.6) is 0 Å². The topological polar surface area (TPSA) is 88.4 Å². The zero-order chi connectivity index (χ0) is 23.0. The van der Waals surface area contributed by atoms with Crippen LogP contribution in [0.1, 0.15) is 79.4 Å². The van der Waals surface area contributed by atoms with Crippen molar-refractivity contribution >= 4 is 15.9 Å². The summed E-state index contributed by atoms with van der Waals surface area (Å²) in [7, 11) is -3.98. The van der Waals surface area contributed by atoms with Crippen LogP contribution >= 0.6 is 0 Å². The van der Waals surface area contributed by atoms with E-state index in [1.54, 1.807) is 4.90 Å². The number of rotatable bonds is 4. The number of aryl methyl sites for hydroxylation is 1. The summed E-state index contributed by atoms with van der Waals surface area (Å²) >= 11 is 0. The second-order valence-corrected chi connectivity index (χ2v) is 11.1. The zero-order valence-corrected chi connectivity index (χ0v) is 19.6. The molecule has 0 saturated carbocycles. The number of piperidine rings is 1. The number of carbonyl (C=O) groups excluding carboxylic acids is 1. The van der Waals surface area contributed by atoms with Crippen molar-refractivity contribution < 1.29 is 17.6 Å². The van der Waals surface area contributed by atoms with Crippen LogP contribution in [0.2, 0.25) is 0 Å². The van der Waals surface area contributed by atoms with Crippen molar-refractivity contribution in [3.05, 3.63) is 41.2 Å². The molecule has 178 valence electrons. The predicted molar refractivity (Wildman–Crippen MR) is 120 cm³/mol. The average molecular weight is 476 g/mol. The summed E-state index contributed by atoms with van der Waals surface area (Å²) in [5, 5.41) is 8.81. The molecule has 0 N–H and O–H groups in total. The second-order valence-electron chi connectivity index (χ2n) is 9.20. The average Bonchev–Trinajstić information content (AvgIpc) is 3.40. The van der Waals surface area contributed by atoms with Gasteiger partial charge in [-0.2, -0.15) is 4.31 Å². The Morgan fingerprint density at radius 1 is 0.939 bits per heavy atom. The predicted octanol–water partition coefficient (Wildman–Crippen LogP) is 3.30. The van der Waals surface area contributed by atoms with Gasteiger partial charge in [0.25, 0.3) is 5.91 Å². The van der Waals surface area contributed by atoms with Gasteiger partial charge in [0.2, 0.25) is 10.0 Å². The van der Waals surface area contributed by atoms with E-state index < -0.39 is 20.7 Å². The van der Waals surface area contributed by atoms with E-state index in [0.29, 0.717) is 19.6 Å². The van der Waals surface area contributed by atoms with Gasteiger partial charge < -0.3 is 9.47 Å². The first-order valence-corrected chi connectivity index (χ1v) is 13.4. The third-order valence-electron chi connectivity index (χ3n) is 7.06. The van der Waals surface area contributed by atoms with Crippen LogP contribution in [-0.2, 0) is 23.0 Å². The Morgan fingerprint density at radius 2 is 1.70 bits per heavy atom. The highest BCUT2D eigenvalue weighted by atomic mass is 32.2. The quantitative estimate of drug-likeness (QED) is 0.677. The van der Waals surface area contributed by atoms with Crippen molar-refractivity contribution in [2.45, 2.75) is 75.3 Å². The largest absolute Gasteiger partial charge is 0.328 e. The zero-order valence-electron chi connectivity index (χ0n) is 18.7. The summed E-state index contributed by atoms with van der Waals surface area (Å²) in [5.41, 5.74) is 0.189. The Bertz CT molecular complexity index is 1140. The fourth-order valence-corrected chi connectivity index (χ4v) is 6.88. The molecule has 1 atom stereocenters. The molecule has 2 aromatic rings. The third kappa shape index (κ3) is 4.19. The molecule has 1 aromatic heterocycles. The fourth-order valence-electron chi connectivity index (χ4n) is 5.28. The van der Waals surface area contributed by atoms with Crippen LogP contribution < -0.4 is 0 Å². The van der Waals surface area contributed by atoms with E-state index in [1.807, 2.05) is 0 Å². The van der Waals surface area contributed by atoms with E-state index in [9.17, 15) is 17.6 Å². The second kappa shape index (κ2) is 9.13. The van der Waals surface area contributed by atoms with Crippen molar-refractivity contribution in [2.75, 3.05) is 19.6 Å². The number of carbonyl (C=O) groups is 1. The molecule has 1 amide bonds. The summed E-state index contributed by atoms with van der Waals surface area (Å²) in [6.45, 7) is 2.17. The summed E-state index contributed by atoms with van der Waals surface area (Å²) in [6, 6.07) is 3.48. The minimum Gasteiger partial charge on any atom is -0.328 e. The first kappa shape index (κ1) is 22.5. The number of sulfonamides is 1. The van der Waals surface area contributed by atoms with Gasteiger partial charge in [0.15, 0.2) is 5.82 Å². The first-order valence-electron chi connectivity index (χ1n) is 12.0. The number of nitrogens with zero attached hydrogens (tertiary/aromatic N) is 5. The molecule has 3 aliphatic heterocycles. The molecule has 0 spiro atoms. The lowest BCUT2D eigenvalue weighted by atomic mass is 10.1. The number of likely N-dealkylation sites (tertiary alicyclic amines) is 1. The van der Waals surface area contributed by atoms with Crippen LogP contribution in [0.3, 0.4) is 0 Å². The van der Waals surface area contributed by atoms with Gasteiger partial charge in [-0.3, -0.25) is 4.79 Å². The molecule has 10 heteroatoms. The Kier molecular flexibility index (Phi) is 6.22. The lowest BCUT2D eigenvalue weighted by Gasteiger charge is -2.27. The van der Waals surface area contributed by atoms with Gasteiger partial charge in [0.1, 0.15) is 16.5 Å². The maximum atomic E-state index is 14.6.